The molecule has 1 aliphatic heterocycles. The van der Waals surface area contributed by atoms with Gasteiger partial charge in [-0.3, -0.25) is 0 Å². The van der Waals surface area contributed by atoms with Crippen molar-refractivity contribution >= 4 is 6.09 Å². The van der Waals surface area contributed by atoms with Gasteiger partial charge in [0.1, 0.15) is 12.1 Å². The summed E-state index contributed by atoms with van der Waals surface area (Å²) < 4.78 is 17.0. The van der Waals surface area contributed by atoms with E-state index < -0.39 is 17.4 Å². The van der Waals surface area contributed by atoms with Gasteiger partial charge in [-0.25, -0.2) is 4.79 Å². The van der Waals surface area contributed by atoms with E-state index in [1.165, 1.54) is 0 Å². The van der Waals surface area contributed by atoms with E-state index in [2.05, 4.69) is 10.3 Å². The predicted molar refractivity (Wildman–Crippen MR) is 93.0 cm³/mol. The lowest BCUT2D eigenvalue weighted by molar-refractivity contribution is -0.273. The minimum atomic E-state index is -0.808. The zero-order valence-electron chi connectivity index (χ0n) is 14.8. The van der Waals surface area contributed by atoms with Gasteiger partial charge in [0.25, 0.3) is 0 Å². The molecule has 2 heterocycles. The minimum absolute atomic E-state index is 0.208. The van der Waals surface area contributed by atoms with Crippen LogP contribution in [0.1, 0.15) is 30.8 Å². The Morgan fingerprint density at radius 3 is 2.44 bits per heavy atom. The Labute approximate surface area is 147 Å². The number of alkyl carbamates (subject to hydrolysis) is 1. The average Bonchev–Trinajstić information content (AvgIpc) is 3.03. The number of aryl methyl sites for hydroxylation is 1. The number of carbonyl (C=O) groups excluding carboxylic acids is 1. The lowest BCUT2D eigenvalue weighted by Gasteiger charge is -2.43. The van der Waals surface area contributed by atoms with Crippen molar-refractivity contribution in [2.45, 2.75) is 38.7 Å². The highest BCUT2D eigenvalue weighted by molar-refractivity contribution is 5.68. The molecule has 1 saturated heterocycles. The zero-order chi connectivity index (χ0) is 17.9. The molecule has 1 aromatic carbocycles. The molecule has 2 N–H and O–H groups in total. The van der Waals surface area contributed by atoms with Crippen molar-refractivity contribution in [3.05, 3.63) is 59.4 Å². The Morgan fingerprint density at radius 2 is 1.84 bits per heavy atom. The first kappa shape index (κ1) is 17.5. The molecular weight excluding hydrogens is 320 g/mol. The first-order chi connectivity index (χ1) is 11.9. The molecule has 6 heteroatoms. The third kappa shape index (κ3) is 4.21. The van der Waals surface area contributed by atoms with Crippen molar-refractivity contribution in [2.75, 3.05) is 13.2 Å². The summed E-state index contributed by atoms with van der Waals surface area (Å²) >= 11 is 0. The molecule has 0 saturated carbocycles. The molecule has 1 aromatic heterocycles. The maximum absolute atomic E-state index is 12.4. The van der Waals surface area contributed by atoms with Gasteiger partial charge >= 0.3 is 6.09 Å². The molecule has 0 bridgehead atoms. The van der Waals surface area contributed by atoms with Gasteiger partial charge in [0.05, 0.1) is 13.2 Å². The molecule has 25 heavy (non-hydrogen) atoms. The van der Waals surface area contributed by atoms with Crippen LogP contribution in [0.3, 0.4) is 0 Å². The molecule has 0 spiro atoms. The molecule has 3 rings (SSSR count). The Morgan fingerprint density at radius 1 is 1.16 bits per heavy atom. The number of carbonyl (C=O) groups is 1. The number of aromatic amines is 1. The zero-order valence-corrected chi connectivity index (χ0v) is 14.8. The van der Waals surface area contributed by atoms with Crippen LogP contribution in [-0.2, 0) is 26.4 Å². The highest BCUT2D eigenvalue weighted by atomic mass is 16.7. The van der Waals surface area contributed by atoms with E-state index in [-0.39, 0.29) is 6.61 Å². The van der Waals surface area contributed by atoms with Crippen molar-refractivity contribution < 1.29 is 19.0 Å². The molecule has 1 amide bonds. The standard InChI is InChI=1S/C19H24N2O4/c1-14-9-10-16(20-14)19(12-24-18(2,3)25-13-19)21-17(22)23-11-15-7-5-4-6-8-15/h4-10,20H,11-13H2,1-3H3,(H,21,22). The summed E-state index contributed by atoms with van der Waals surface area (Å²) in [7, 11) is 0. The SMILES string of the molecule is Cc1ccc(C2(NC(=O)OCc3ccccc3)COC(C)(C)OC2)[nH]1. The van der Waals surface area contributed by atoms with Crippen LogP contribution in [0, 0.1) is 6.92 Å². The van der Waals surface area contributed by atoms with Crippen LogP contribution in [0.25, 0.3) is 0 Å². The van der Waals surface area contributed by atoms with Crippen molar-refractivity contribution in [3.8, 4) is 0 Å². The largest absolute Gasteiger partial charge is 0.445 e. The highest BCUT2D eigenvalue weighted by Crippen LogP contribution is 2.31. The van der Waals surface area contributed by atoms with Gasteiger partial charge in [0.2, 0.25) is 0 Å². The third-order valence-corrected chi connectivity index (χ3v) is 4.23. The Hall–Kier alpha value is -2.31. The molecule has 0 radical (unpaired) electrons. The van der Waals surface area contributed by atoms with E-state index in [1.807, 2.05) is 63.2 Å². The first-order valence-corrected chi connectivity index (χ1v) is 8.31. The number of aromatic nitrogens is 1. The number of rotatable bonds is 4. The quantitative estimate of drug-likeness (QED) is 0.893. The summed E-state index contributed by atoms with van der Waals surface area (Å²) in [5.74, 6) is -0.680. The number of ether oxygens (including phenoxy) is 3. The van der Waals surface area contributed by atoms with Crippen LogP contribution in [0.5, 0.6) is 0 Å². The maximum Gasteiger partial charge on any atom is 0.408 e. The predicted octanol–water partition coefficient (Wildman–Crippen LogP) is 3.23. The smallest absolute Gasteiger partial charge is 0.408 e. The van der Waals surface area contributed by atoms with Gasteiger partial charge < -0.3 is 24.5 Å². The number of amides is 1. The molecule has 1 fully saturated rings. The fourth-order valence-corrected chi connectivity index (χ4v) is 2.71. The van der Waals surface area contributed by atoms with Crippen molar-refractivity contribution in [3.63, 3.8) is 0 Å². The summed E-state index contributed by atoms with van der Waals surface area (Å²) in [5, 5.41) is 2.93. The molecular formula is C19H24N2O4. The normalized spacial score (nSPS) is 18.5. The van der Waals surface area contributed by atoms with Crippen molar-refractivity contribution in [1.82, 2.24) is 10.3 Å². The molecule has 2 aromatic rings. The van der Waals surface area contributed by atoms with Gasteiger partial charge in [-0.1, -0.05) is 30.3 Å². The van der Waals surface area contributed by atoms with Crippen molar-refractivity contribution in [1.29, 1.82) is 0 Å². The summed E-state index contributed by atoms with van der Waals surface area (Å²) in [5.41, 5.74) is 1.95. The summed E-state index contributed by atoms with van der Waals surface area (Å²) in [4.78, 5) is 15.6. The van der Waals surface area contributed by atoms with Gasteiger partial charge in [-0.2, -0.15) is 0 Å². The number of nitrogens with one attached hydrogen (secondary N) is 2. The van der Waals surface area contributed by atoms with E-state index in [0.717, 1.165) is 17.0 Å². The van der Waals surface area contributed by atoms with Crippen molar-refractivity contribution in [2.24, 2.45) is 0 Å². The molecule has 0 aliphatic carbocycles. The second kappa shape index (κ2) is 6.90. The summed E-state index contributed by atoms with van der Waals surface area (Å²) in [6, 6.07) is 13.4. The minimum Gasteiger partial charge on any atom is -0.445 e. The Bertz CT molecular complexity index is 714. The van der Waals surface area contributed by atoms with E-state index in [1.54, 1.807) is 0 Å². The lowest BCUT2D eigenvalue weighted by atomic mass is 9.96. The maximum atomic E-state index is 12.4. The fourth-order valence-electron chi connectivity index (χ4n) is 2.71. The van der Waals surface area contributed by atoms with Crippen LogP contribution >= 0.6 is 0 Å². The molecule has 0 unspecified atom stereocenters. The van der Waals surface area contributed by atoms with Crippen LogP contribution in [0.2, 0.25) is 0 Å². The Kier molecular flexibility index (Phi) is 4.83. The third-order valence-electron chi connectivity index (χ3n) is 4.23. The molecule has 134 valence electrons. The van der Waals surface area contributed by atoms with E-state index in [0.29, 0.717) is 13.2 Å². The topological polar surface area (TPSA) is 72.6 Å². The van der Waals surface area contributed by atoms with E-state index in [9.17, 15) is 4.79 Å². The highest BCUT2D eigenvalue weighted by Gasteiger charge is 2.44. The van der Waals surface area contributed by atoms with Crippen LogP contribution in [-0.4, -0.2) is 30.1 Å². The second-order valence-electron chi connectivity index (χ2n) is 6.80. The number of hydrogen-bond donors (Lipinski definition) is 2. The van der Waals surface area contributed by atoms with Gasteiger partial charge in [-0.05, 0) is 38.5 Å². The second-order valence-corrected chi connectivity index (χ2v) is 6.80. The first-order valence-electron chi connectivity index (χ1n) is 8.31. The van der Waals surface area contributed by atoms with Crippen LogP contribution < -0.4 is 5.32 Å². The lowest BCUT2D eigenvalue weighted by Crippen LogP contribution is -2.59. The molecule has 0 atom stereocenters. The van der Waals surface area contributed by atoms with Crippen LogP contribution in [0.4, 0.5) is 4.79 Å². The van der Waals surface area contributed by atoms with E-state index in [4.69, 9.17) is 14.2 Å². The fraction of sp³-hybridized carbons (Fsp3) is 0.421. The number of benzene rings is 1. The van der Waals surface area contributed by atoms with Gasteiger partial charge in [0, 0.05) is 11.4 Å². The molecule has 1 aliphatic rings. The summed E-state index contributed by atoms with van der Waals surface area (Å²) in [6.07, 6.45) is -0.511. The van der Waals surface area contributed by atoms with Gasteiger partial charge in [-0.15, -0.1) is 0 Å². The summed E-state index contributed by atoms with van der Waals surface area (Å²) in [6.45, 7) is 6.45. The number of H-pyrrole nitrogens is 1. The monoisotopic (exact) mass is 344 g/mol. The average molecular weight is 344 g/mol. The number of hydrogen-bond acceptors (Lipinski definition) is 4. The van der Waals surface area contributed by atoms with Gasteiger partial charge in [0.15, 0.2) is 5.79 Å². The van der Waals surface area contributed by atoms with E-state index >= 15 is 0 Å². The van der Waals surface area contributed by atoms with Crippen LogP contribution in [0.15, 0.2) is 42.5 Å². The Balaban J connectivity index is 1.71. The molecule has 6 nitrogen and oxygen atoms in total.